The fraction of sp³-hybridized carbons (Fsp3) is 0.533. The van der Waals surface area contributed by atoms with Crippen LogP contribution in [0.4, 0.5) is 5.69 Å². The minimum atomic E-state index is -0.124. The molecule has 3 nitrogen and oxygen atoms in total. The summed E-state index contributed by atoms with van der Waals surface area (Å²) in [6.07, 6.45) is 5.28. The second kappa shape index (κ2) is 5.42. The number of nitrogens with two attached hydrogens (primary N) is 1. The minimum Gasteiger partial charge on any atom is -0.399 e. The lowest BCUT2D eigenvalue weighted by molar-refractivity contribution is -0.129. The number of nitrogens with one attached hydrogen (secondary N) is 1. The van der Waals surface area contributed by atoms with Crippen molar-refractivity contribution < 1.29 is 4.79 Å². The van der Waals surface area contributed by atoms with E-state index in [-0.39, 0.29) is 11.3 Å². The van der Waals surface area contributed by atoms with Crippen LogP contribution in [0.5, 0.6) is 0 Å². The lowest BCUT2D eigenvalue weighted by atomic mass is 9.88. The topological polar surface area (TPSA) is 55.1 Å². The Balaban J connectivity index is 1.78. The van der Waals surface area contributed by atoms with Gasteiger partial charge in [-0.25, -0.2) is 0 Å². The molecule has 1 saturated carbocycles. The maximum absolute atomic E-state index is 12.1. The normalized spacial score (nSPS) is 17.6. The van der Waals surface area contributed by atoms with Crippen molar-refractivity contribution in [2.45, 2.75) is 39.0 Å². The first-order chi connectivity index (χ1) is 8.60. The van der Waals surface area contributed by atoms with Gasteiger partial charge in [-0.15, -0.1) is 0 Å². The largest absolute Gasteiger partial charge is 0.399 e. The average molecular weight is 246 g/mol. The van der Waals surface area contributed by atoms with Crippen molar-refractivity contribution >= 4 is 11.6 Å². The number of benzene rings is 1. The van der Waals surface area contributed by atoms with Gasteiger partial charge in [0.1, 0.15) is 0 Å². The summed E-state index contributed by atoms with van der Waals surface area (Å²) in [5, 5.41) is 3.06. The van der Waals surface area contributed by atoms with Crippen LogP contribution in [0.3, 0.4) is 0 Å². The lowest BCUT2D eigenvalue weighted by Gasteiger charge is -2.22. The number of hydrogen-bond acceptors (Lipinski definition) is 2. The summed E-state index contributed by atoms with van der Waals surface area (Å²) in [5.41, 5.74) is 7.50. The van der Waals surface area contributed by atoms with Gasteiger partial charge >= 0.3 is 0 Å². The van der Waals surface area contributed by atoms with E-state index in [0.29, 0.717) is 6.54 Å². The van der Waals surface area contributed by atoms with Crippen molar-refractivity contribution in [1.82, 2.24) is 5.32 Å². The van der Waals surface area contributed by atoms with Gasteiger partial charge in [0.2, 0.25) is 5.91 Å². The van der Waals surface area contributed by atoms with Gasteiger partial charge < -0.3 is 11.1 Å². The van der Waals surface area contributed by atoms with Crippen LogP contribution in [-0.4, -0.2) is 12.5 Å². The third kappa shape index (κ3) is 3.03. The Morgan fingerprint density at radius 3 is 2.50 bits per heavy atom. The van der Waals surface area contributed by atoms with E-state index >= 15 is 0 Å². The van der Waals surface area contributed by atoms with E-state index in [0.717, 1.165) is 24.9 Å². The van der Waals surface area contributed by atoms with Gasteiger partial charge in [-0.1, -0.05) is 31.9 Å². The summed E-state index contributed by atoms with van der Waals surface area (Å²) in [7, 11) is 0. The zero-order valence-corrected chi connectivity index (χ0v) is 11.0. The van der Waals surface area contributed by atoms with Crippen LogP contribution in [0.25, 0.3) is 0 Å². The molecule has 0 aromatic heterocycles. The molecule has 1 aromatic carbocycles. The Labute approximate surface area is 109 Å². The Hall–Kier alpha value is -1.51. The van der Waals surface area contributed by atoms with Gasteiger partial charge in [-0.3, -0.25) is 4.79 Å². The number of nitrogen functional groups attached to an aromatic ring is 1. The summed E-state index contributed by atoms with van der Waals surface area (Å²) in [6.45, 7) is 2.79. The van der Waals surface area contributed by atoms with E-state index in [1.165, 1.54) is 18.4 Å². The molecular weight excluding hydrogens is 224 g/mol. The Morgan fingerprint density at radius 2 is 1.89 bits per heavy atom. The number of carbonyl (C=O) groups excluding carboxylic acids is 1. The van der Waals surface area contributed by atoms with Gasteiger partial charge in [-0.05, 0) is 37.0 Å². The molecule has 2 rings (SSSR count). The van der Waals surface area contributed by atoms with E-state index in [2.05, 4.69) is 12.2 Å². The molecule has 1 amide bonds. The van der Waals surface area contributed by atoms with E-state index in [1.807, 2.05) is 24.3 Å². The molecule has 0 spiro atoms. The molecule has 1 fully saturated rings. The van der Waals surface area contributed by atoms with Crippen molar-refractivity contribution in [2.75, 3.05) is 12.3 Å². The van der Waals surface area contributed by atoms with Crippen LogP contribution in [0.1, 0.15) is 38.2 Å². The van der Waals surface area contributed by atoms with Crippen LogP contribution in [0.15, 0.2) is 24.3 Å². The quantitative estimate of drug-likeness (QED) is 0.802. The molecule has 3 N–H and O–H groups in total. The zero-order chi connectivity index (χ0) is 13.0. The molecule has 1 aromatic rings. The summed E-state index contributed by atoms with van der Waals surface area (Å²) in [4.78, 5) is 12.1. The molecule has 1 aliphatic carbocycles. The van der Waals surface area contributed by atoms with Crippen LogP contribution in [0, 0.1) is 5.41 Å². The highest BCUT2D eigenvalue weighted by Gasteiger charge is 2.35. The fourth-order valence-corrected chi connectivity index (χ4v) is 2.60. The number of amides is 1. The predicted molar refractivity (Wildman–Crippen MR) is 74.1 cm³/mol. The second-order valence-corrected chi connectivity index (χ2v) is 5.52. The van der Waals surface area contributed by atoms with Crippen LogP contribution < -0.4 is 11.1 Å². The van der Waals surface area contributed by atoms with Crippen molar-refractivity contribution in [3.63, 3.8) is 0 Å². The highest BCUT2D eigenvalue weighted by molar-refractivity contribution is 5.82. The highest BCUT2D eigenvalue weighted by atomic mass is 16.2. The van der Waals surface area contributed by atoms with Crippen molar-refractivity contribution in [3.05, 3.63) is 29.8 Å². The van der Waals surface area contributed by atoms with E-state index in [9.17, 15) is 4.79 Å². The summed E-state index contributed by atoms with van der Waals surface area (Å²) in [6, 6.07) is 7.82. The first-order valence-electron chi connectivity index (χ1n) is 6.73. The maximum Gasteiger partial charge on any atom is 0.225 e. The van der Waals surface area contributed by atoms with Gasteiger partial charge in [0.05, 0.1) is 0 Å². The standard InChI is InChI=1S/C15H22N2O/c1-15(9-2-3-10-15)14(18)17-11-8-12-4-6-13(16)7-5-12/h4-7H,2-3,8-11,16H2,1H3,(H,17,18). The molecule has 3 heteroatoms. The molecule has 0 bridgehead atoms. The zero-order valence-electron chi connectivity index (χ0n) is 11.0. The molecule has 0 radical (unpaired) electrons. The molecule has 0 atom stereocenters. The summed E-state index contributed by atoms with van der Waals surface area (Å²) < 4.78 is 0. The van der Waals surface area contributed by atoms with Gasteiger partial charge in [0, 0.05) is 17.6 Å². The van der Waals surface area contributed by atoms with Crippen LogP contribution in [-0.2, 0) is 11.2 Å². The molecule has 18 heavy (non-hydrogen) atoms. The Morgan fingerprint density at radius 1 is 1.28 bits per heavy atom. The molecular formula is C15H22N2O. The second-order valence-electron chi connectivity index (χ2n) is 5.52. The summed E-state index contributed by atoms with van der Waals surface area (Å²) in [5.74, 6) is 0.218. The highest BCUT2D eigenvalue weighted by Crippen LogP contribution is 2.37. The number of carbonyl (C=O) groups is 1. The smallest absolute Gasteiger partial charge is 0.225 e. The van der Waals surface area contributed by atoms with Crippen LogP contribution >= 0.6 is 0 Å². The molecule has 0 aliphatic heterocycles. The Kier molecular flexibility index (Phi) is 3.90. The number of anilines is 1. The van der Waals surface area contributed by atoms with Gasteiger partial charge in [0.25, 0.3) is 0 Å². The maximum atomic E-state index is 12.1. The number of hydrogen-bond donors (Lipinski definition) is 2. The van der Waals surface area contributed by atoms with Crippen molar-refractivity contribution in [1.29, 1.82) is 0 Å². The SMILES string of the molecule is CC1(C(=O)NCCc2ccc(N)cc2)CCCC1. The van der Waals surface area contributed by atoms with Crippen LogP contribution in [0.2, 0.25) is 0 Å². The number of rotatable bonds is 4. The van der Waals surface area contributed by atoms with E-state index < -0.39 is 0 Å². The van der Waals surface area contributed by atoms with Crippen molar-refractivity contribution in [3.8, 4) is 0 Å². The molecule has 0 heterocycles. The average Bonchev–Trinajstić information content (AvgIpc) is 2.80. The fourth-order valence-electron chi connectivity index (χ4n) is 2.60. The Bertz CT molecular complexity index is 405. The minimum absolute atomic E-state index is 0.124. The third-order valence-electron chi connectivity index (χ3n) is 3.93. The molecule has 0 unspecified atom stereocenters. The molecule has 98 valence electrons. The van der Waals surface area contributed by atoms with Gasteiger partial charge in [-0.2, -0.15) is 0 Å². The third-order valence-corrected chi connectivity index (χ3v) is 3.93. The monoisotopic (exact) mass is 246 g/mol. The first kappa shape index (κ1) is 12.9. The van der Waals surface area contributed by atoms with E-state index in [1.54, 1.807) is 0 Å². The predicted octanol–water partition coefficient (Wildman–Crippen LogP) is 2.51. The molecule has 1 aliphatic rings. The lowest BCUT2D eigenvalue weighted by Crippen LogP contribution is -2.38. The van der Waals surface area contributed by atoms with Gasteiger partial charge in [0.15, 0.2) is 0 Å². The molecule has 0 saturated heterocycles. The van der Waals surface area contributed by atoms with Crippen molar-refractivity contribution in [2.24, 2.45) is 5.41 Å². The van der Waals surface area contributed by atoms with E-state index in [4.69, 9.17) is 5.73 Å². The summed E-state index contributed by atoms with van der Waals surface area (Å²) >= 11 is 0. The first-order valence-corrected chi connectivity index (χ1v) is 6.73.